The number of alkyl halides is 3. The second-order valence-corrected chi connectivity index (χ2v) is 6.66. The lowest BCUT2D eigenvalue weighted by molar-refractivity contribution is -0.141. The Morgan fingerprint density at radius 2 is 2.04 bits per heavy atom. The van der Waals surface area contributed by atoms with Crippen LogP contribution in [0.1, 0.15) is 31.9 Å². The molecule has 2 atom stereocenters. The number of nitrogens with zero attached hydrogens (tertiary/aromatic N) is 4. The number of nitrogens with one attached hydrogen (secondary N) is 1. The normalized spacial score (nSPS) is 23.6. The van der Waals surface area contributed by atoms with Gasteiger partial charge in [0.15, 0.2) is 5.69 Å². The van der Waals surface area contributed by atoms with E-state index >= 15 is 0 Å². The molecule has 7 nitrogen and oxygen atoms in total. The smallest absolute Gasteiger partial charge is 0.355 e. The van der Waals surface area contributed by atoms with E-state index in [2.05, 4.69) is 15.3 Å². The van der Waals surface area contributed by atoms with Crippen LogP contribution in [0.2, 0.25) is 0 Å². The summed E-state index contributed by atoms with van der Waals surface area (Å²) in [4.78, 5) is 23.7. The van der Waals surface area contributed by atoms with Gasteiger partial charge in [0, 0.05) is 38.3 Å². The molecule has 2 fully saturated rings. The van der Waals surface area contributed by atoms with Crippen LogP contribution < -0.4 is 20.9 Å². The van der Waals surface area contributed by atoms with Gasteiger partial charge in [0.05, 0.1) is 0 Å². The fraction of sp³-hybridized carbons (Fsp3) is 0.688. The van der Waals surface area contributed by atoms with Gasteiger partial charge in [-0.2, -0.15) is 18.2 Å². The predicted molar refractivity (Wildman–Crippen MR) is 90.9 cm³/mol. The summed E-state index contributed by atoms with van der Waals surface area (Å²) in [5.74, 6) is -0.101. The van der Waals surface area contributed by atoms with Crippen LogP contribution in [0.25, 0.3) is 0 Å². The Morgan fingerprint density at radius 3 is 2.65 bits per heavy atom. The molecule has 1 amide bonds. The number of carbonyl (C=O) groups is 1. The molecule has 1 aromatic rings. The van der Waals surface area contributed by atoms with Crippen molar-refractivity contribution in [1.82, 2.24) is 15.3 Å². The molecule has 0 spiro atoms. The van der Waals surface area contributed by atoms with Crippen molar-refractivity contribution in [2.45, 2.75) is 44.4 Å². The van der Waals surface area contributed by atoms with Crippen molar-refractivity contribution in [1.29, 1.82) is 0 Å². The molecule has 2 saturated heterocycles. The predicted octanol–water partition coefficient (Wildman–Crippen LogP) is 1.14. The fourth-order valence-corrected chi connectivity index (χ4v) is 3.44. The third kappa shape index (κ3) is 3.84. The molecule has 0 radical (unpaired) electrons. The van der Waals surface area contributed by atoms with Crippen molar-refractivity contribution >= 4 is 17.7 Å². The van der Waals surface area contributed by atoms with Gasteiger partial charge in [0.25, 0.3) is 0 Å². The third-order valence-electron chi connectivity index (χ3n) is 4.66. The molecular weight excluding hydrogens is 349 g/mol. The quantitative estimate of drug-likeness (QED) is 0.824. The van der Waals surface area contributed by atoms with E-state index in [0.29, 0.717) is 26.1 Å². The number of likely N-dealkylation sites (N-methyl/N-ethyl adjacent to an activating group) is 1. The average molecular weight is 372 g/mol. The van der Waals surface area contributed by atoms with Crippen molar-refractivity contribution < 1.29 is 18.0 Å². The maximum absolute atomic E-state index is 13.3. The first-order chi connectivity index (χ1) is 12.3. The Labute approximate surface area is 149 Å². The summed E-state index contributed by atoms with van der Waals surface area (Å²) in [5, 5.41) is 2.71. The first-order valence-electron chi connectivity index (χ1n) is 8.80. The van der Waals surface area contributed by atoms with Crippen LogP contribution in [0.15, 0.2) is 6.07 Å². The lowest BCUT2D eigenvalue weighted by Gasteiger charge is -2.26. The Kier molecular flexibility index (Phi) is 5.22. The zero-order valence-corrected chi connectivity index (χ0v) is 14.6. The standard InChI is InChI=1S/C16H23F3N6O/c1-2-21-14(26)11-7-10(20)9-25(11)13-8-12(16(17,18)19)22-15(23-13)24-5-3-4-6-24/h8,10-11H,2-7,9,20H2,1H3,(H,21,26)/t10-,11-/m0/s1. The Balaban J connectivity index is 1.99. The minimum absolute atomic E-state index is 0.0578. The van der Waals surface area contributed by atoms with Crippen LogP contribution >= 0.6 is 0 Å². The number of nitrogens with two attached hydrogens (primary N) is 1. The molecule has 144 valence electrons. The molecule has 3 N–H and O–H groups in total. The number of halogens is 3. The molecular formula is C16H23F3N6O. The minimum Gasteiger partial charge on any atom is -0.355 e. The summed E-state index contributed by atoms with van der Waals surface area (Å²) in [6.07, 6.45) is -2.43. The van der Waals surface area contributed by atoms with E-state index in [0.717, 1.165) is 18.9 Å². The van der Waals surface area contributed by atoms with Crippen LogP contribution in [-0.4, -0.2) is 54.1 Å². The molecule has 0 saturated carbocycles. The lowest BCUT2D eigenvalue weighted by atomic mass is 10.1. The molecule has 3 heterocycles. The van der Waals surface area contributed by atoms with Crippen LogP contribution in [0.3, 0.4) is 0 Å². The molecule has 0 unspecified atom stereocenters. The molecule has 0 aliphatic carbocycles. The van der Waals surface area contributed by atoms with Crippen molar-refractivity contribution in [3.8, 4) is 0 Å². The van der Waals surface area contributed by atoms with Crippen LogP contribution in [0, 0.1) is 0 Å². The molecule has 0 bridgehead atoms. The molecule has 1 aromatic heterocycles. The van der Waals surface area contributed by atoms with Gasteiger partial charge in [0.2, 0.25) is 11.9 Å². The Bertz CT molecular complexity index is 662. The van der Waals surface area contributed by atoms with Crippen LogP contribution in [-0.2, 0) is 11.0 Å². The molecule has 26 heavy (non-hydrogen) atoms. The third-order valence-corrected chi connectivity index (χ3v) is 4.66. The van der Waals surface area contributed by atoms with E-state index < -0.39 is 17.9 Å². The van der Waals surface area contributed by atoms with Gasteiger partial charge in [-0.25, -0.2) is 4.98 Å². The van der Waals surface area contributed by atoms with E-state index in [1.54, 1.807) is 16.7 Å². The number of carbonyl (C=O) groups excluding carboxylic acids is 1. The Morgan fingerprint density at radius 1 is 1.35 bits per heavy atom. The molecule has 2 aliphatic rings. The maximum Gasteiger partial charge on any atom is 0.433 e. The first kappa shape index (κ1) is 18.7. The molecule has 2 aliphatic heterocycles. The highest BCUT2D eigenvalue weighted by Crippen LogP contribution is 2.33. The molecule has 3 rings (SSSR count). The van der Waals surface area contributed by atoms with Gasteiger partial charge in [-0.05, 0) is 26.2 Å². The second kappa shape index (κ2) is 7.26. The van der Waals surface area contributed by atoms with Gasteiger partial charge in [-0.3, -0.25) is 4.79 Å². The van der Waals surface area contributed by atoms with Crippen molar-refractivity contribution in [3.05, 3.63) is 11.8 Å². The number of hydrogen-bond acceptors (Lipinski definition) is 6. The number of amides is 1. The van der Waals surface area contributed by atoms with Gasteiger partial charge >= 0.3 is 6.18 Å². The van der Waals surface area contributed by atoms with Gasteiger partial charge in [-0.15, -0.1) is 0 Å². The highest BCUT2D eigenvalue weighted by Gasteiger charge is 2.39. The fourth-order valence-electron chi connectivity index (χ4n) is 3.44. The number of anilines is 2. The number of aromatic nitrogens is 2. The van der Waals surface area contributed by atoms with Crippen molar-refractivity contribution in [3.63, 3.8) is 0 Å². The minimum atomic E-state index is -4.59. The summed E-state index contributed by atoms with van der Waals surface area (Å²) in [6, 6.07) is -0.0291. The van der Waals surface area contributed by atoms with E-state index in [9.17, 15) is 18.0 Å². The summed E-state index contributed by atoms with van der Waals surface area (Å²) in [6.45, 7) is 3.75. The van der Waals surface area contributed by atoms with Crippen molar-refractivity contribution in [2.24, 2.45) is 5.73 Å². The van der Waals surface area contributed by atoms with Crippen molar-refractivity contribution in [2.75, 3.05) is 36.0 Å². The molecule has 10 heteroatoms. The average Bonchev–Trinajstić information content (AvgIpc) is 3.23. The van der Waals surface area contributed by atoms with Crippen LogP contribution in [0.4, 0.5) is 24.9 Å². The van der Waals surface area contributed by atoms with E-state index in [-0.39, 0.29) is 30.3 Å². The number of rotatable bonds is 4. The molecule has 0 aromatic carbocycles. The lowest BCUT2D eigenvalue weighted by Crippen LogP contribution is -2.44. The second-order valence-electron chi connectivity index (χ2n) is 6.66. The van der Waals surface area contributed by atoms with E-state index in [1.165, 1.54) is 0 Å². The first-order valence-corrected chi connectivity index (χ1v) is 8.80. The number of hydrogen-bond donors (Lipinski definition) is 2. The summed E-state index contributed by atoms with van der Waals surface area (Å²) in [7, 11) is 0. The highest BCUT2D eigenvalue weighted by molar-refractivity contribution is 5.85. The highest BCUT2D eigenvalue weighted by atomic mass is 19.4. The van der Waals surface area contributed by atoms with Gasteiger partial charge in [-0.1, -0.05) is 0 Å². The largest absolute Gasteiger partial charge is 0.433 e. The van der Waals surface area contributed by atoms with Gasteiger partial charge in [0.1, 0.15) is 11.9 Å². The zero-order valence-electron chi connectivity index (χ0n) is 14.6. The summed E-state index contributed by atoms with van der Waals surface area (Å²) in [5.41, 5.74) is 4.97. The maximum atomic E-state index is 13.3. The monoisotopic (exact) mass is 372 g/mol. The SMILES string of the molecule is CCNC(=O)[C@@H]1C[C@H](N)CN1c1cc(C(F)(F)F)nc(N2CCCC2)n1. The van der Waals surface area contributed by atoms with E-state index in [1.807, 2.05) is 0 Å². The summed E-state index contributed by atoms with van der Waals surface area (Å²) >= 11 is 0. The van der Waals surface area contributed by atoms with Crippen LogP contribution in [0.5, 0.6) is 0 Å². The topological polar surface area (TPSA) is 87.4 Å². The van der Waals surface area contributed by atoms with Gasteiger partial charge < -0.3 is 20.9 Å². The zero-order chi connectivity index (χ0) is 18.9. The summed E-state index contributed by atoms with van der Waals surface area (Å²) < 4.78 is 40.0. The Hall–Kier alpha value is -2.10. The van der Waals surface area contributed by atoms with E-state index in [4.69, 9.17) is 5.73 Å².